The first kappa shape index (κ1) is 18.7. The van der Waals surface area contributed by atoms with Crippen molar-refractivity contribution in [3.63, 3.8) is 0 Å². The number of rotatable bonds is 5. The number of hydrogen-bond acceptors (Lipinski definition) is 7. The van der Waals surface area contributed by atoms with E-state index in [1.807, 2.05) is 37.3 Å². The summed E-state index contributed by atoms with van der Waals surface area (Å²) in [7, 11) is 0. The number of hydrogen-bond donors (Lipinski definition) is 3. The fraction of sp³-hybridized carbons (Fsp3) is 0.143. The van der Waals surface area contributed by atoms with Gasteiger partial charge in [-0.2, -0.15) is 10.2 Å². The molecule has 0 unspecified atom stereocenters. The third-order valence-corrected chi connectivity index (χ3v) is 4.90. The molecule has 10 nitrogen and oxygen atoms in total. The van der Waals surface area contributed by atoms with Gasteiger partial charge in [-0.15, -0.1) is 0 Å². The summed E-state index contributed by atoms with van der Waals surface area (Å²) in [6, 6.07) is 9.49. The van der Waals surface area contributed by atoms with Crippen LogP contribution in [0.25, 0.3) is 39.3 Å². The summed E-state index contributed by atoms with van der Waals surface area (Å²) in [6.45, 7) is 1.97. The van der Waals surface area contributed by atoms with Gasteiger partial charge < -0.3 is 11.1 Å². The first-order chi connectivity index (χ1) is 15.1. The highest BCUT2D eigenvalue weighted by molar-refractivity contribution is 5.91. The molecule has 4 aromatic heterocycles. The second kappa shape index (κ2) is 7.48. The van der Waals surface area contributed by atoms with Gasteiger partial charge in [-0.05, 0) is 24.6 Å². The molecule has 10 heteroatoms. The maximum Gasteiger partial charge on any atom is 0.224 e. The largest absolute Gasteiger partial charge is 0.383 e. The van der Waals surface area contributed by atoms with E-state index in [0.29, 0.717) is 40.3 Å². The van der Waals surface area contributed by atoms with E-state index in [2.05, 4.69) is 35.6 Å². The van der Waals surface area contributed by atoms with E-state index in [0.717, 1.165) is 23.4 Å². The molecule has 31 heavy (non-hydrogen) atoms. The van der Waals surface area contributed by atoms with Gasteiger partial charge in [0, 0.05) is 23.9 Å². The third-order valence-electron chi connectivity index (χ3n) is 4.90. The smallest absolute Gasteiger partial charge is 0.224 e. The first-order valence-corrected chi connectivity index (χ1v) is 9.84. The quantitative estimate of drug-likeness (QED) is 0.402. The SMILES string of the molecule is CCCC(=O)Nc1cccc(-c2ccnc3c(-c4nc(N)c5cn[nH]c5n4)cnn23)c1. The van der Waals surface area contributed by atoms with E-state index in [1.54, 1.807) is 23.1 Å². The fourth-order valence-corrected chi connectivity index (χ4v) is 3.45. The van der Waals surface area contributed by atoms with Crippen LogP contribution in [-0.2, 0) is 4.79 Å². The Balaban J connectivity index is 1.58. The summed E-state index contributed by atoms with van der Waals surface area (Å²) in [6.07, 6.45) is 6.23. The molecule has 1 aromatic carbocycles. The molecule has 0 aliphatic heterocycles. The van der Waals surface area contributed by atoms with Crippen molar-refractivity contribution in [2.24, 2.45) is 0 Å². The van der Waals surface area contributed by atoms with Crippen LogP contribution in [0, 0.1) is 0 Å². The molecular formula is C21H19N9O. The highest BCUT2D eigenvalue weighted by Crippen LogP contribution is 2.28. The first-order valence-electron chi connectivity index (χ1n) is 9.84. The van der Waals surface area contributed by atoms with Crippen LogP contribution in [0.3, 0.4) is 0 Å². The number of nitrogens with two attached hydrogens (primary N) is 1. The Morgan fingerprint density at radius 2 is 2.13 bits per heavy atom. The number of nitrogens with one attached hydrogen (secondary N) is 2. The zero-order valence-corrected chi connectivity index (χ0v) is 16.7. The number of carbonyl (C=O) groups excluding carboxylic acids is 1. The molecule has 5 rings (SSSR count). The van der Waals surface area contributed by atoms with Crippen LogP contribution in [0.15, 0.2) is 48.9 Å². The van der Waals surface area contributed by atoms with E-state index < -0.39 is 0 Å². The highest BCUT2D eigenvalue weighted by atomic mass is 16.1. The lowest BCUT2D eigenvalue weighted by Crippen LogP contribution is -2.10. The average molecular weight is 413 g/mol. The molecule has 4 heterocycles. The van der Waals surface area contributed by atoms with E-state index in [-0.39, 0.29) is 5.91 Å². The minimum atomic E-state index is -0.00941. The second-order valence-electron chi connectivity index (χ2n) is 7.07. The van der Waals surface area contributed by atoms with Gasteiger partial charge in [-0.1, -0.05) is 19.1 Å². The van der Waals surface area contributed by atoms with E-state index in [1.165, 1.54) is 0 Å². The van der Waals surface area contributed by atoms with Crippen molar-refractivity contribution >= 4 is 34.1 Å². The van der Waals surface area contributed by atoms with Crippen molar-refractivity contribution in [1.29, 1.82) is 0 Å². The van der Waals surface area contributed by atoms with Gasteiger partial charge in [0.1, 0.15) is 5.82 Å². The molecule has 154 valence electrons. The molecule has 0 spiro atoms. The summed E-state index contributed by atoms with van der Waals surface area (Å²) in [5.41, 5.74) is 10.3. The summed E-state index contributed by atoms with van der Waals surface area (Å²) in [5.74, 6) is 0.735. The summed E-state index contributed by atoms with van der Waals surface area (Å²) in [5, 5.41) is 14.9. The van der Waals surface area contributed by atoms with E-state index in [9.17, 15) is 4.79 Å². The number of fused-ring (bicyclic) bond motifs is 2. The Kier molecular flexibility index (Phi) is 4.51. The average Bonchev–Trinajstić information content (AvgIpc) is 3.41. The van der Waals surface area contributed by atoms with Crippen LogP contribution in [0.4, 0.5) is 11.5 Å². The van der Waals surface area contributed by atoms with Crippen LogP contribution in [-0.4, -0.2) is 40.7 Å². The molecule has 0 radical (unpaired) electrons. The van der Waals surface area contributed by atoms with Gasteiger partial charge >= 0.3 is 0 Å². The molecule has 5 aromatic rings. The maximum atomic E-state index is 12.0. The molecule has 0 fully saturated rings. The van der Waals surface area contributed by atoms with Gasteiger partial charge in [-0.3, -0.25) is 9.89 Å². The maximum absolute atomic E-state index is 12.0. The van der Waals surface area contributed by atoms with Crippen LogP contribution >= 0.6 is 0 Å². The number of carbonyl (C=O) groups is 1. The normalized spacial score (nSPS) is 11.3. The van der Waals surface area contributed by atoms with Crippen molar-refractivity contribution in [3.8, 4) is 22.6 Å². The molecule has 0 atom stereocenters. The van der Waals surface area contributed by atoms with E-state index in [4.69, 9.17) is 5.73 Å². The lowest BCUT2D eigenvalue weighted by molar-refractivity contribution is -0.116. The number of anilines is 2. The minimum Gasteiger partial charge on any atom is -0.383 e. The van der Waals surface area contributed by atoms with Crippen LogP contribution < -0.4 is 11.1 Å². The van der Waals surface area contributed by atoms with E-state index >= 15 is 0 Å². The van der Waals surface area contributed by atoms with Gasteiger partial charge in [0.25, 0.3) is 0 Å². The highest BCUT2D eigenvalue weighted by Gasteiger charge is 2.16. The van der Waals surface area contributed by atoms with Crippen LogP contribution in [0.2, 0.25) is 0 Å². The topological polar surface area (TPSA) is 140 Å². The molecule has 0 aliphatic carbocycles. The number of aromatic nitrogens is 7. The summed E-state index contributed by atoms with van der Waals surface area (Å²) >= 11 is 0. The molecule has 1 amide bonds. The Bertz CT molecular complexity index is 1420. The standard InChI is InChI=1S/C21H19N9O/c1-2-4-17(31)26-13-6-3-5-12(9-13)16-7-8-23-21-15(11-25-30(16)21)19-27-18(22)14-10-24-29-20(14)28-19/h3,5-11H,2,4H2,1H3,(H,26,31)(H3,22,24,27,28,29). The number of benzene rings is 1. The second-order valence-corrected chi connectivity index (χ2v) is 7.07. The van der Waals surface area contributed by atoms with Crippen molar-refractivity contribution in [2.75, 3.05) is 11.1 Å². The van der Waals surface area contributed by atoms with Gasteiger partial charge in [0.15, 0.2) is 17.1 Å². The van der Waals surface area contributed by atoms with Crippen LogP contribution in [0.1, 0.15) is 19.8 Å². The Labute approximate surface area is 176 Å². The molecule has 0 saturated carbocycles. The lowest BCUT2D eigenvalue weighted by Gasteiger charge is -2.09. The van der Waals surface area contributed by atoms with Gasteiger partial charge in [0.05, 0.1) is 29.0 Å². The summed E-state index contributed by atoms with van der Waals surface area (Å²) in [4.78, 5) is 25.3. The van der Waals surface area contributed by atoms with Crippen molar-refractivity contribution in [3.05, 3.63) is 48.9 Å². The van der Waals surface area contributed by atoms with Crippen molar-refractivity contribution in [2.45, 2.75) is 19.8 Å². The minimum absolute atomic E-state index is 0.00941. The number of H-pyrrole nitrogens is 1. The van der Waals surface area contributed by atoms with Crippen LogP contribution in [0.5, 0.6) is 0 Å². The zero-order chi connectivity index (χ0) is 21.4. The number of nitrogen functional groups attached to an aromatic ring is 1. The molecule has 4 N–H and O–H groups in total. The monoisotopic (exact) mass is 413 g/mol. The molecule has 0 bridgehead atoms. The van der Waals surface area contributed by atoms with Gasteiger partial charge in [-0.25, -0.2) is 19.5 Å². The Morgan fingerprint density at radius 1 is 1.23 bits per heavy atom. The predicted octanol–water partition coefficient (Wildman–Crippen LogP) is 3.05. The predicted molar refractivity (Wildman–Crippen MR) is 117 cm³/mol. The molecular weight excluding hydrogens is 394 g/mol. The zero-order valence-electron chi connectivity index (χ0n) is 16.7. The van der Waals surface area contributed by atoms with Crippen molar-refractivity contribution < 1.29 is 4.79 Å². The number of aromatic amines is 1. The lowest BCUT2D eigenvalue weighted by atomic mass is 10.1. The number of amides is 1. The Hall–Kier alpha value is -4.34. The third kappa shape index (κ3) is 3.33. The van der Waals surface area contributed by atoms with Crippen molar-refractivity contribution in [1.82, 2.24) is 34.8 Å². The summed E-state index contributed by atoms with van der Waals surface area (Å²) < 4.78 is 1.72. The molecule has 0 saturated heterocycles. The number of nitrogens with zero attached hydrogens (tertiary/aromatic N) is 6. The van der Waals surface area contributed by atoms with Gasteiger partial charge in [0.2, 0.25) is 5.91 Å². The molecule has 0 aliphatic rings. The Morgan fingerprint density at radius 3 is 3.00 bits per heavy atom. The fourth-order valence-electron chi connectivity index (χ4n) is 3.45.